The molecule has 0 unspecified atom stereocenters. The van der Waals surface area contributed by atoms with Gasteiger partial charge >= 0.3 is 0 Å². The van der Waals surface area contributed by atoms with Crippen molar-refractivity contribution in [3.8, 4) is 22.9 Å². The first kappa shape index (κ1) is 23.6. The van der Waals surface area contributed by atoms with Crippen LogP contribution in [-0.4, -0.2) is 48.2 Å². The van der Waals surface area contributed by atoms with E-state index in [1.165, 1.54) is 39.8 Å². The number of carbonyl (C=O) groups is 1. The molecular weight excluding hydrogens is 450 g/mol. The van der Waals surface area contributed by atoms with Crippen molar-refractivity contribution >= 4 is 23.0 Å². The van der Waals surface area contributed by atoms with Crippen molar-refractivity contribution in [1.82, 2.24) is 20.2 Å². The number of aromatic amines is 1. The Morgan fingerprint density at radius 2 is 1.77 bits per heavy atom. The van der Waals surface area contributed by atoms with Crippen LogP contribution < -0.4 is 25.2 Å². The molecule has 2 aromatic heterocycles. The summed E-state index contributed by atoms with van der Waals surface area (Å²) in [5, 5.41) is 9.24. The summed E-state index contributed by atoms with van der Waals surface area (Å²) >= 11 is 0. The van der Waals surface area contributed by atoms with Gasteiger partial charge in [0, 0.05) is 17.0 Å². The number of ether oxygens (including phenoxy) is 3. The normalized spacial score (nSPS) is 11.1. The minimum atomic E-state index is -0.442. The maximum absolute atomic E-state index is 12.8. The molecule has 4 rings (SSSR count). The molecule has 0 bridgehead atoms. The van der Waals surface area contributed by atoms with Crippen LogP contribution in [0.2, 0.25) is 0 Å². The van der Waals surface area contributed by atoms with E-state index in [9.17, 15) is 9.59 Å². The second kappa shape index (κ2) is 9.72. The molecule has 35 heavy (non-hydrogen) atoms. The summed E-state index contributed by atoms with van der Waals surface area (Å²) in [5.41, 5.74) is 6.10. The summed E-state index contributed by atoms with van der Waals surface area (Å²) in [5.74, 6) is 0.957. The highest BCUT2D eigenvalue weighted by atomic mass is 16.5. The van der Waals surface area contributed by atoms with Crippen LogP contribution in [0.25, 0.3) is 16.6 Å². The van der Waals surface area contributed by atoms with E-state index >= 15 is 0 Å². The summed E-state index contributed by atoms with van der Waals surface area (Å²) in [6.45, 7) is 3.72. The average Bonchev–Trinajstić information content (AvgIpc) is 3.24. The van der Waals surface area contributed by atoms with Gasteiger partial charge in [0.1, 0.15) is 0 Å². The number of benzene rings is 2. The Morgan fingerprint density at radius 1 is 1.06 bits per heavy atom. The SMILES string of the molecule is COc1cc(/C=N\NC(=O)c2cnn(-c3cc(=O)[nH]c4ccc(C)cc34)c2C)cc(OC)c1OC. The van der Waals surface area contributed by atoms with Gasteiger partial charge in [-0.15, -0.1) is 0 Å². The van der Waals surface area contributed by atoms with Gasteiger partial charge in [0.05, 0.1) is 56.2 Å². The maximum atomic E-state index is 12.8. The van der Waals surface area contributed by atoms with Crippen molar-refractivity contribution in [2.75, 3.05) is 21.3 Å². The molecule has 0 saturated heterocycles. The molecule has 0 aliphatic heterocycles. The van der Waals surface area contributed by atoms with Gasteiger partial charge in [0.2, 0.25) is 5.75 Å². The van der Waals surface area contributed by atoms with Gasteiger partial charge in [-0.05, 0) is 38.1 Å². The highest BCUT2D eigenvalue weighted by molar-refractivity contribution is 5.96. The number of aromatic nitrogens is 3. The topological polar surface area (TPSA) is 120 Å². The summed E-state index contributed by atoms with van der Waals surface area (Å²) in [7, 11) is 4.56. The molecular formula is C25H25N5O5. The molecule has 0 radical (unpaired) electrons. The number of methoxy groups -OCH3 is 3. The molecule has 0 aliphatic rings. The lowest BCUT2D eigenvalue weighted by atomic mass is 10.1. The van der Waals surface area contributed by atoms with Crippen molar-refractivity contribution in [1.29, 1.82) is 0 Å². The number of carbonyl (C=O) groups excluding carboxylic acids is 1. The lowest BCUT2D eigenvalue weighted by molar-refractivity contribution is 0.0954. The lowest BCUT2D eigenvalue weighted by Gasteiger charge is -2.12. The molecule has 10 heteroatoms. The minimum absolute atomic E-state index is 0.257. The Balaban J connectivity index is 1.60. The monoisotopic (exact) mass is 475 g/mol. The van der Waals surface area contributed by atoms with E-state index < -0.39 is 5.91 Å². The third-order valence-electron chi connectivity index (χ3n) is 5.53. The zero-order chi connectivity index (χ0) is 25.1. The van der Waals surface area contributed by atoms with Crippen LogP contribution in [0.15, 0.2) is 52.5 Å². The molecule has 4 aromatic rings. The molecule has 2 heterocycles. The Hall–Kier alpha value is -4.60. The van der Waals surface area contributed by atoms with E-state index in [0.29, 0.717) is 45.3 Å². The summed E-state index contributed by atoms with van der Waals surface area (Å²) in [6.07, 6.45) is 2.91. The van der Waals surface area contributed by atoms with Crippen molar-refractivity contribution < 1.29 is 19.0 Å². The molecule has 0 fully saturated rings. The third-order valence-corrected chi connectivity index (χ3v) is 5.53. The van der Waals surface area contributed by atoms with Gasteiger partial charge in [-0.3, -0.25) is 9.59 Å². The third kappa shape index (κ3) is 4.58. The van der Waals surface area contributed by atoms with Gasteiger partial charge in [0.25, 0.3) is 11.5 Å². The van der Waals surface area contributed by atoms with E-state index in [4.69, 9.17) is 14.2 Å². The summed E-state index contributed by atoms with van der Waals surface area (Å²) in [4.78, 5) is 27.8. The molecule has 180 valence electrons. The van der Waals surface area contributed by atoms with E-state index in [2.05, 4.69) is 20.6 Å². The fourth-order valence-electron chi connectivity index (χ4n) is 3.80. The van der Waals surface area contributed by atoms with Crippen LogP contribution in [-0.2, 0) is 0 Å². The maximum Gasteiger partial charge on any atom is 0.274 e. The number of nitrogens with one attached hydrogen (secondary N) is 2. The molecule has 2 N–H and O–H groups in total. The number of pyridine rings is 1. The summed E-state index contributed by atoms with van der Waals surface area (Å²) in [6, 6.07) is 10.6. The number of hydrogen-bond acceptors (Lipinski definition) is 7. The van der Waals surface area contributed by atoms with E-state index in [0.717, 1.165) is 10.9 Å². The lowest BCUT2D eigenvalue weighted by Crippen LogP contribution is -2.18. The van der Waals surface area contributed by atoms with Gasteiger partial charge < -0.3 is 19.2 Å². The van der Waals surface area contributed by atoms with Crippen molar-refractivity contribution in [3.63, 3.8) is 0 Å². The van der Waals surface area contributed by atoms with Crippen LogP contribution in [0.1, 0.15) is 27.2 Å². The van der Waals surface area contributed by atoms with Gasteiger partial charge in [-0.1, -0.05) is 11.6 Å². The van der Waals surface area contributed by atoms with E-state index in [-0.39, 0.29) is 5.56 Å². The Morgan fingerprint density at radius 3 is 2.43 bits per heavy atom. The fraction of sp³-hybridized carbons (Fsp3) is 0.200. The number of hydrogen-bond donors (Lipinski definition) is 2. The largest absolute Gasteiger partial charge is 0.493 e. The Kier molecular flexibility index (Phi) is 6.54. The minimum Gasteiger partial charge on any atom is -0.493 e. The number of nitrogens with zero attached hydrogens (tertiary/aromatic N) is 3. The number of rotatable bonds is 7. The van der Waals surface area contributed by atoms with Crippen LogP contribution >= 0.6 is 0 Å². The highest BCUT2D eigenvalue weighted by Gasteiger charge is 2.17. The van der Waals surface area contributed by atoms with Gasteiger partial charge in [-0.25, -0.2) is 10.1 Å². The zero-order valence-corrected chi connectivity index (χ0v) is 20.0. The molecule has 2 aromatic carbocycles. The Labute approximate surface area is 201 Å². The highest BCUT2D eigenvalue weighted by Crippen LogP contribution is 2.37. The first-order valence-electron chi connectivity index (χ1n) is 10.7. The summed E-state index contributed by atoms with van der Waals surface area (Å²) < 4.78 is 17.6. The number of H-pyrrole nitrogens is 1. The number of aryl methyl sites for hydroxylation is 1. The smallest absolute Gasteiger partial charge is 0.274 e. The molecule has 0 saturated carbocycles. The first-order chi connectivity index (χ1) is 16.9. The average molecular weight is 476 g/mol. The quantitative estimate of drug-likeness (QED) is 0.313. The van der Waals surface area contributed by atoms with Crippen molar-refractivity contribution in [2.45, 2.75) is 13.8 Å². The molecule has 10 nitrogen and oxygen atoms in total. The predicted molar refractivity (Wildman–Crippen MR) is 132 cm³/mol. The van der Waals surface area contributed by atoms with Crippen LogP contribution in [0, 0.1) is 13.8 Å². The molecule has 1 amide bonds. The predicted octanol–water partition coefficient (Wildman–Crippen LogP) is 3.12. The first-order valence-corrected chi connectivity index (χ1v) is 10.7. The van der Waals surface area contributed by atoms with Crippen molar-refractivity contribution in [2.24, 2.45) is 5.10 Å². The van der Waals surface area contributed by atoms with Crippen LogP contribution in [0.4, 0.5) is 0 Å². The molecule has 0 aliphatic carbocycles. The molecule has 0 spiro atoms. The van der Waals surface area contributed by atoms with E-state index in [1.807, 2.05) is 25.1 Å². The fourth-order valence-corrected chi connectivity index (χ4v) is 3.80. The Bertz CT molecular complexity index is 1480. The zero-order valence-electron chi connectivity index (χ0n) is 20.0. The van der Waals surface area contributed by atoms with Crippen LogP contribution in [0.3, 0.4) is 0 Å². The van der Waals surface area contributed by atoms with Gasteiger partial charge in [0.15, 0.2) is 11.5 Å². The van der Waals surface area contributed by atoms with E-state index in [1.54, 1.807) is 23.7 Å². The standard InChI is InChI=1S/C25H25N5O5/c1-14-6-7-19-17(8-14)20(11-23(31)28-19)30-15(2)18(13-27-30)25(32)29-26-12-16-9-21(33-3)24(35-5)22(10-16)34-4/h6-13H,1-5H3,(H,28,31)(H,29,32)/b26-12-. The number of fused-ring (bicyclic) bond motifs is 1. The second-order valence-corrected chi connectivity index (χ2v) is 7.78. The second-order valence-electron chi connectivity index (χ2n) is 7.78. The van der Waals surface area contributed by atoms with Crippen molar-refractivity contribution in [3.05, 3.63) is 75.3 Å². The molecule has 0 atom stereocenters. The number of amides is 1. The number of hydrazone groups is 1. The van der Waals surface area contributed by atoms with Crippen LogP contribution in [0.5, 0.6) is 17.2 Å². The van der Waals surface area contributed by atoms with Gasteiger partial charge in [-0.2, -0.15) is 10.2 Å².